The zero-order chi connectivity index (χ0) is 13.1. The van der Waals surface area contributed by atoms with Crippen molar-refractivity contribution in [2.45, 2.75) is 32.1 Å². The van der Waals surface area contributed by atoms with Gasteiger partial charge in [-0.15, -0.1) is 11.3 Å². The Kier molecular flexibility index (Phi) is 3.95. The van der Waals surface area contributed by atoms with E-state index in [1.54, 1.807) is 18.4 Å². The second-order valence-electron chi connectivity index (χ2n) is 5.06. The molecule has 1 aromatic carbocycles. The van der Waals surface area contributed by atoms with Gasteiger partial charge in [-0.2, -0.15) is 0 Å². The summed E-state index contributed by atoms with van der Waals surface area (Å²) in [6.07, 6.45) is 5.85. The first-order chi connectivity index (χ1) is 9.36. The third kappa shape index (κ3) is 2.88. The molecule has 100 valence electrons. The Balaban J connectivity index is 1.75. The number of benzene rings is 1. The van der Waals surface area contributed by atoms with Gasteiger partial charge in [0.05, 0.1) is 10.7 Å². The summed E-state index contributed by atoms with van der Waals surface area (Å²) in [4.78, 5) is 4.74. The van der Waals surface area contributed by atoms with E-state index in [9.17, 15) is 0 Å². The standard InChI is InChI=1S/C16H19NOS/c1-18-9-3-6-16-17-15(11-19-16)14-8-7-12-4-2-5-13(12)10-14/h7-8,10-11H,2-6,9H2,1H3. The highest BCUT2D eigenvalue weighted by atomic mass is 32.1. The SMILES string of the molecule is COCCCc1nc(-c2ccc3c(c2)CCC3)cs1. The van der Waals surface area contributed by atoms with Crippen LogP contribution in [0.3, 0.4) is 0 Å². The average Bonchev–Trinajstić information content (AvgIpc) is 3.06. The number of fused-ring (bicyclic) bond motifs is 1. The van der Waals surface area contributed by atoms with Gasteiger partial charge in [0.2, 0.25) is 0 Å². The van der Waals surface area contributed by atoms with E-state index in [0.717, 1.165) is 25.1 Å². The minimum absolute atomic E-state index is 0.813. The molecule has 2 nitrogen and oxygen atoms in total. The fraction of sp³-hybridized carbons (Fsp3) is 0.438. The van der Waals surface area contributed by atoms with Gasteiger partial charge < -0.3 is 4.74 Å². The highest BCUT2D eigenvalue weighted by Crippen LogP contribution is 2.29. The third-order valence-corrected chi connectivity index (χ3v) is 4.59. The predicted octanol–water partition coefficient (Wildman–Crippen LogP) is 3.88. The van der Waals surface area contributed by atoms with Crippen LogP contribution < -0.4 is 0 Å². The van der Waals surface area contributed by atoms with Gasteiger partial charge in [0.1, 0.15) is 0 Å². The Bertz CT molecular complexity index is 562. The molecule has 0 N–H and O–H groups in total. The van der Waals surface area contributed by atoms with Gasteiger partial charge in [0, 0.05) is 31.1 Å². The Morgan fingerprint density at radius 2 is 2.16 bits per heavy atom. The van der Waals surface area contributed by atoms with E-state index in [1.807, 2.05) is 0 Å². The van der Waals surface area contributed by atoms with Crippen molar-refractivity contribution >= 4 is 11.3 Å². The van der Waals surface area contributed by atoms with Gasteiger partial charge in [-0.3, -0.25) is 0 Å². The van der Waals surface area contributed by atoms with Gasteiger partial charge in [0.15, 0.2) is 0 Å². The molecule has 0 aliphatic heterocycles. The molecule has 0 atom stereocenters. The highest BCUT2D eigenvalue weighted by Gasteiger charge is 2.12. The zero-order valence-electron chi connectivity index (χ0n) is 11.3. The summed E-state index contributed by atoms with van der Waals surface area (Å²) in [7, 11) is 1.75. The molecule has 0 spiro atoms. The molecule has 1 heterocycles. The Morgan fingerprint density at radius 3 is 3.05 bits per heavy atom. The second kappa shape index (κ2) is 5.85. The summed E-state index contributed by atoms with van der Waals surface area (Å²) in [5.41, 5.74) is 5.45. The van der Waals surface area contributed by atoms with E-state index in [-0.39, 0.29) is 0 Å². The molecule has 19 heavy (non-hydrogen) atoms. The van der Waals surface area contributed by atoms with Crippen molar-refractivity contribution in [2.24, 2.45) is 0 Å². The maximum atomic E-state index is 5.08. The van der Waals surface area contributed by atoms with Crippen LogP contribution in [0.4, 0.5) is 0 Å². The van der Waals surface area contributed by atoms with Crippen LogP contribution in [0.2, 0.25) is 0 Å². The topological polar surface area (TPSA) is 22.1 Å². The summed E-state index contributed by atoms with van der Waals surface area (Å²) in [6, 6.07) is 6.83. The number of methoxy groups -OCH3 is 1. The molecule has 0 unspecified atom stereocenters. The van der Waals surface area contributed by atoms with E-state index in [0.29, 0.717) is 0 Å². The van der Waals surface area contributed by atoms with Crippen LogP contribution in [0.25, 0.3) is 11.3 Å². The van der Waals surface area contributed by atoms with Crippen LogP contribution in [0.15, 0.2) is 23.6 Å². The number of hydrogen-bond acceptors (Lipinski definition) is 3. The van der Waals surface area contributed by atoms with Crippen LogP contribution in [0.5, 0.6) is 0 Å². The molecule has 3 rings (SSSR count). The Hall–Kier alpha value is -1.19. The predicted molar refractivity (Wildman–Crippen MR) is 79.8 cm³/mol. The minimum atomic E-state index is 0.813. The molecule has 0 bridgehead atoms. The van der Waals surface area contributed by atoms with Gasteiger partial charge in [-0.25, -0.2) is 4.98 Å². The smallest absolute Gasteiger partial charge is 0.0933 e. The normalized spacial score (nSPS) is 13.7. The lowest BCUT2D eigenvalue weighted by molar-refractivity contribution is 0.195. The highest BCUT2D eigenvalue weighted by molar-refractivity contribution is 7.09. The fourth-order valence-electron chi connectivity index (χ4n) is 2.66. The molecular weight excluding hydrogens is 254 g/mol. The first-order valence-electron chi connectivity index (χ1n) is 6.92. The van der Waals surface area contributed by atoms with Crippen molar-refractivity contribution in [1.82, 2.24) is 4.98 Å². The Morgan fingerprint density at radius 1 is 1.26 bits per heavy atom. The molecule has 0 radical (unpaired) electrons. The third-order valence-electron chi connectivity index (χ3n) is 3.69. The first kappa shape index (κ1) is 12.8. The monoisotopic (exact) mass is 273 g/mol. The van der Waals surface area contributed by atoms with Gasteiger partial charge in [0.25, 0.3) is 0 Å². The molecular formula is C16H19NOS. The van der Waals surface area contributed by atoms with Crippen molar-refractivity contribution < 1.29 is 4.74 Å². The molecule has 3 heteroatoms. The van der Waals surface area contributed by atoms with Crippen molar-refractivity contribution in [3.63, 3.8) is 0 Å². The van der Waals surface area contributed by atoms with E-state index < -0.39 is 0 Å². The lowest BCUT2D eigenvalue weighted by atomic mass is 10.1. The number of aryl methyl sites for hydroxylation is 3. The Labute approximate surface area is 118 Å². The number of aromatic nitrogens is 1. The van der Waals surface area contributed by atoms with Crippen LogP contribution in [-0.4, -0.2) is 18.7 Å². The van der Waals surface area contributed by atoms with Gasteiger partial charge >= 0.3 is 0 Å². The van der Waals surface area contributed by atoms with Crippen molar-refractivity contribution in [2.75, 3.05) is 13.7 Å². The van der Waals surface area contributed by atoms with Crippen LogP contribution in [0, 0.1) is 0 Å². The second-order valence-corrected chi connectivity index (χ2v) is 6.00. The zero-order valence-corrected chi connectivity index (χ0v) is 12.1. The van der Waals surface area contributed by atoms with Crippen molar-refractivity contribution in [3.05, 3.63) is 39.7 Å². The molecule has 0 fully saturated rings. The van der Waals surface area contributed by atoms with E-state index in [2.05, 4.69) is 23.6 Å². The molecule has 1 aliphatic rings. The van der Waals surface area contributed by atoms with Crippen LogP contribution >= 0.6 is 11.3 Å². The summed E-state index contributed by atoms with van der Waals surface area (Å²) >= 11 is 1.76. The van der Waals surface area contributed by atoms with E-state index >= 15 is 0 Å². The molecule has 2 aromatic rings. The molecule has 0 amide bonds. The molecule has 1 aliphatic carbocycles. The number of ether oxygens (including phenoxy) is 1. The molecule has 0 saturated heterocycles. The van der Waals surface area contributed by atoms with E-state index in [1.165, 1.54) is 41.0 Å². The molecule has 1 aromatic heterocycles. The fourth-order valence-corrected chi connectivity index (χ4v) is 3.51. The maximum Gasteiger partial charge on any atom is 0.0933 e. The minimum Gasteiger partial charge on any atom is -0.385 e. The summed E-state index contributed by atoms with van der Waals surface area (Å²) in [5.74, 6) is 0. The van der Waals surface area contributed by atoms with Crippen LogP contribution in [0.1, 0.15) is 29.0 Å². The largest absolute Gasteiger partial charge is 0.385 e. The first-order valence-corrected chi connectivity index (χ1v) is 7.80. The van der Waals surface area contributed by atoms with Crippen molar-refractivity contribution in [3.8, 4) is 11.3 Å². The van der Waals surface area contributed by atoms with Crippen LogP contribution in [-0.2, 0) is 24.0 Å². The lowest BCUT2D eigenvalue weighted by Crippen LogP contribution is -1.92. The summed E-state index contributed by atoms with van der Waals surface area (Å²) < 4.78 is 5.08. The average molecular weight is 273 g/mol. The summed E-state index contributed by atoms with van der Waals surface area (Å²) in [5, 5.41) is 3.39. The van der Waals surface area contributed by atoms with Crippen molar-refractivity contribution in [1.29, 1.82) is 0 Å². The number of rotatable bonds is 5. The summed E-state index contributed by atoms with van der Waals surface area (Å²) in [6.45, 7) is 0.813. The maximum absolute atomic E-state index is 5.08. The van der Waals surface area contributed by atoms with Gasteiger partial charge in [-0.1, -0.05) is 12.1 Å². The molecule has 0 saturated carbocycles. The lowest BCUT2D eigenvalue weighted by Gasteiger charge is -2.02. The quantitative estimate of drug-likeness (QED) is 0.771. The number of thiazole rings is 1. The van der Waals surface area contributed by atoms with E-state index in [4.69, 9.17) is 9.72 Å². The van der Waals surface area contributed by atoms with Gasteiger partial charge in [-0.05, 0) is 42.9 Å². The number of hydrogen-bond donors (Lipinski definition) is 0. The number of nitrogens with zero attached hydrogens (tertiary/aromatic N) is 1.